The van der Waals surface area contributed by atoms with Gasteiger partial charge in [-0.25, -0.2) is 4.39 Å². The Morgan fingerprint density at radius 1 is 1.54 bits per heavy atom. The lowest BCUT2D eigenvalue weighted by Gasteiger charge is -2.25. The molecule has 1 aliphatic carbocycles. The molecule has 13 heavy (non-hydrogen) atoms. The van der Waals surface area contributed by atoms with E-state index in [2.05, 4.69) is 19.1 Å². The zero-order valence-electron chi connectivity index (χ0n) is 8.81. The summed E-state index contributed by atoms with van der Waals surface area (Å²) in [5.74, 6) is 0.0631. The van der Waals surface area contributed by atoms with Crippen LogP contribution in [0.5, 0.6) is 0 Å². The van der Waals surface area contributed by atoms with Crippen LogP contribution in [0.4, 0.5) is 4.39 Å². The summed E-state index contributed by atoms with van der Waals surface area (Å²) in [6.07, 6.45) is 9.42. The lowest BCUT2D eigenvalue weighted by atomic mass is 9.85. The summed E-state index contributed by atoms with van der Waals surface area (Å²) < 4.78 is 13.5. The van der Waals surface area contributed by atoms with Crippen molar-refractivity contribution in [1.82, 2.24) is 0 Å². The minimum Gasteiger partial charge on any atom is -0.244 e. The zero-order valence-corrected chi connectivity index (χ0v) is 8.81. The first kappa shape index (κ1) is 10.5. The van der Waals surface area contributed by atoms with Crippen LogP contribution in [-0.2, 0) is 0 Å². The predicted molar refractivity (Wildman–Crippen MR) is 55.4 cm³/mol. The number of hydrogen-bond donors (Lipinski definition) is 0. The fourth-order valence-electron chi connectivity index (χ4n) is 1.65. The summed E-state index contributed by atoms with van der Waals surface area (Å²) in [7, 11) is 0. The maximum absolute atomic E-state index is 13.5. The topological polar surface area (TPSA) is 0 Å². The number of hydrogen-bond acceptors (Lipinski definition) is 0. The van der Waals surface area contributed by atoms with Gasteiger partial charge >= 0.3 is 0 Å². The van der Waals surface area contributed by atoms with Crippen LogP contribution in [0.25, 0.3) is 0 Å². The molecule has 1 heteroatoms. The van der Waals surface area contributed by atoms with E-state index in [-0.39, 0.29) is 5.92 Å². The van der Waals surface area contributed by atoms with E-state index in [4.69, 9.17) is 0 Å². The van der Waals surface area contributed by atoms with Gasteiger partial charge in [-0.3, -0.25) is 0 Å². The standard InChI is InChI=1S/C12H19F/c1-4-5-10-6-8-11(9-7-10)12(2,3)13/h6-8,11H,4-5,9H2,1-3H3. The van der Waals surface area contributed by atoms with E-state index in [0.717, 1.165) is 12.8 Å². The second-order valence-electron chi connectivity index (χ2n) is 4.29. The van der Waals surface area contributed by atoms with Gasteiger partial charge in [0.2, 0.25) is 0 Å². The zero-order chi connectivity index (χ0) is 9.90. The van der Waals surface area contributed by atoms with Crippen molar-refractivity contribution in [3.05, 3.63) is 23.8 Å². The first-order chi connectivity index (χ1) is 6.04. The van der Waals surface area contributed by atoms with Gasteiger partial charge in [-0.05, 0) is 26.7 Å². The number of alkyl halides is 1. The predicted octanol–water partition coefficient (Wildman–Crippen LogP) is 4.04. The van der Waals surface area contributed by atoms with Crippen LogP contribution in [0, 0.1) is 5.92 Å². The maximum atomic E-state index is 13.5. The largest absolute Gasteiger partial charge is 0.244 e. The molecule has 0 aliphatic heterocycles. The number of rotatable bonds is 3. The minimum absolute atomic E-state index is 0.0631. The molecule has 0 bridgehead atoms. The molecule has 1 unspecified atom stereocenters. The molecule has 0 nitrogen and oxygen atoms in total. The van der Waals surface area contributed by atoms with E-state index in [0.29, 0.717) is 0 Å². The Kier molecular flexibility index (Phi) is 3.29. The Morgan fingerprint density at radius 3 is 2.62 bits per heavy atom. The van der Waals surface area contributed by atoms with Crippen molar-refractivity contribution in [2.24, 2.45) is 5.92 Å². The van der Waals surface area contributed by atoms with Crippen LogP contribution in [0.2, 0.25) is 0 Å². The first-order valence-corrected chi connectivity index (χ1v) is 5.10. The molecule has 0 amide bonds. The molecule has 0 N–H and O–H groups in total. The van der Waals surface area contributed by atoms with Crippen LogP contribution in [0.1, 0.15) is 40.0 Å². The van der Waals surface area contributed by atoms with E-state index in [1.54, 1.807) is 13.8 Å². The minimum atomic E-state index is -1.08. The summed E-state index contributed by atoms with van der Waals surface area (Å²) in [6.45, 7) is 5.47. The van der Waals surface area contributed by atoms with Crippen molar-refractivity contribution in [1.29, 1.82) is 0 Å². The first-order valence-electron chi connectivity index (χ1n) is 5.10. The summed E-state index contributed by atoms with van der Waals surface area (Å²) >= 11 is 0. The van der Waals surface area contributed by atoms with Crippen LogP contribution >= 0.6 is 0 Å². The molecule has 1 atom stereocenters. The maximum Gasteiger partial charge on any atom is 0.112 e. The second kappa shape index (κ2) is 4.08. The van der Waals surface area contributed by atoms with Gasteiger partial charge in [0.1, 0.15) is 5.67 Å². The molecular weight excluding hydrogens is 163 g/mol. The van der Waals surface area contributed by atoms with E-state index in [1.807, 2.05) is 6.08 Å². The van der Waals surface area contributed by atoms with Crippen LogP contribution < -0.4 is 0 Å². The van der Waals surface area contributed by atoms with Gasteiger partial charge in [0.15, 0.2) is 0 Å². The van der Waals surface area contributed by atoms with Gasteiger partial charge in [0.25, 0.3) is 0 Å². The molecule has 0 heterocycles. The van der Waals surface area contributed by atoms with E-state index >= 15 is 0 Å². The van der Waals surface area contributed by atoms with Gasteiger partial charge in [-0.2, -0.15) is 0 Å². The van der Waals surface area contributed by atoms with E-state index in [1.165, 1.54) is 12.0 Å². The van der Waals surface area contributed by atoms with Crippen molar-refractivity contribution >= 4 is 0 Å². The van der Waals surface area contributed by atoms with Crippen molar-refractivity contribution in [2.45, 2.75) is 45.7 Å². The van der Waals surface area contributed by atoms with Gasteiger partial charge in [-0.1, -0.05) is 37.1 Å². The SMILES string of the molecule is CCCC1=CCC(C(C)(C)F)C=C1. The second-order valence-corrected chi connectivity index (χ2v) is 4.29. The number of halogens is 1. The Labute approximate surface area is 80.5 Å². The summed E-state index contributed by atoms with van der Waals surface area (Å²) in [5.41, 5.74) is 0.285. The average molecular weight is 182 g/mol. The molecule has 0 aromatic heterocycles. The lowest BCUT2D eigenvalue weighted by molar-refractivity contribution is 0.154. The summed E-state index contributed by atoms with van der Waals surface area (Å²) in [5, 5.41) is 0. The van der Waals surface area contributed by atoms with Gasteiger partial charge in [-0.15, -0.1) is 0 Å². The highest BCUT2D eigenvalue weighted by molar-refractivity contribution is 5.24. The molecule has 1 aliphatic rings. The molecule has 0 saturated heterocycles. The molecule has 0 saturated carbocycles. The van der Waals surface area contributed by atoms with Crippen molar-refractivity contribution in [3.8, 4) is 0 Å². The third kappa shape index (κ3) is 2.98. The monoisotopic (exact) mass is 182 g/mol. The molecule has 0 spiro atoms. The fourth-order valence-corrected chi connectivity index (χ4v) is 1.65. The summed E-state index contributed by atoms with van der Waals surface area (Å²) in [6, 6.07) is 0. The molecule has 0 radical (unpaired) electrons. The lowest BCUT2D eigenvalue weighted by Crippen LogP contribution is -2.24. The molecule has 0 aromatic carbocycles. The third-order valence-corrected chi connectivity index (χ3v) is 2.60. The Bertz CT molecular complexity index is 218. The summed E-state index contributed by atoms with van der Waals surface area (Å²) in [4.78, 5) is 0. The van der Waals surface area contributed by atoms with Gasteiger partial charge in [0, 0.05) is 5.92 Å². The van der Waals surface area contributed by atoms with Crippen LogP contribution in [0.15, 0.2) is 23.8 Å². The van der Waals surface area contributed by atoms with Gasteiger partial charge in [0.05, 0.1) is 0 Å². The average Bonchev–Trinajstić information content (AvgIpc) is 2.04. The van der Waals surface area contributed by atoms with E-state index in [9.17, 15) is 4.39 Å². The third-order valence-electron chi connectivity index (χ3n) is 2.60. The highest BCUT2D eigenvalue weighted by atomic mass is 19.1. The van der Waals surface area contributed by atoms with Crippen molar-refractivity contribution in [2.75, 3.05) is 0 Å². The van der Waals surface area contributed by atoms with Gasteiger partial charge < -0.3 is 0 Å². The molecule has 1 rings (SSSR count). The number of allylic oxidation sites excluding steroid dienone is 4. The molecule has 0 fully saturated rings. The Balaban J connectivity index is 2.53. The molecule has 0 aromatic rings. The smallest absolute Gasteiger partial charge is 0.112 e. The van der Waals surface area contributed by atoms with Crippen LogP contribution in [0.3, 0.4) is 0 Å². The quantitative estimate of drug-likeness (QED) is 0.618. The highest BCUT2D eigenvalue weighted by Gasteiger charge is 2.27. The Hall–Kier alpha value is -0.590. The Morgan fingerprint density at radius 2 is 2.23 bits per heavy atom. The normalized spacial score (nSPS) is 23.1. The van der Waals surface area contributed by atoms with Crippen molar-refractivity contribution < 1.29 is 4.39 Å². The fraction of sp³-hybridized carbons (Fsp3) is 0.667. The van der Waals surface area contributed by atoms with Crippen LogP contribution in [-0.4, -0.2) is 5.67 Å². The highest BCUT2D eigenvalue weighted by Crippen LogP contribution is 2.30. The van der Waals surface area contributed by atoms with Crippen molar-refractivity contribution in [3.63, 3.8) is 0 Å². The van der Waals surface area contributed by atoms with E-state index < -0.39 is 5.67 Å². The molecule has 74 valence electrons. The molecular formula is C12H19F.